The van der Waals surface area contributed by atoms with Crippen LogP contribution in [0.5, 0.6) is 0 Å². The lowest BCUT2D eigenvalue weighted by Crippen LogP contribution is -2.12. The molecule has 2 aliphatic carbocycles. The van der Waals surface area contributed by atoms with E-state index in [1.54, 1.807) is 11.1 Å². The Balaban J connectivity index is 1.39. The van der Waals surface area contributed by atoms with Crippen molar-refractivity contribution in [3.8, 4) is 0 Å². The summed E-state index contributed by atoms with van der Waals surface area (Å²) in [6.07, 6.45) is 15.2. The number of hydrogen-bond acceptors (Lipinski definition) is 0. The van der Waals surface area contributed by atoms with Gasteiger partial charge in [0.15, 0.2) is 0 Å². The first-order chi connectivity index (χ1) is 13.7. The minimum Gasteiger partial charge on any atom is -0.0795 e. The van der Waals surface area contributed by atoms with Gasteiger partial charge < -0.3 is 0 Å². The van der Waals surface area contributed by atoms with Gasteiger partial charge in [-0.15, -0.1) is 0 Å². The van der Waals surface area contributed by atoms with Gasteiger partial charge in [-0.2, -0.15) is 0 Å². The third kappa shape index (κ3) is 3.92. The molecule has 2 atom stereocenters. The summed E-state index contributed by atoms with van der Waals surface area (Å²) in [6.45, 7) is 7.00. The van der Waals surface area contributed by atoms with Crippen molar-refractivity contribution in [1.82, 2.24) is 0 Å². The van der Waals surface area contributed by atoms with Gasteiger partial charge in [-0.25, -0.2) is 0 Å². The van der Waals surface area contributed by atoms with Crippen molar-refractivity contribution < 1.29 is 0 Å². The molecule has 0 bridgehead atoms. The maximum atomic E-state index is 2.43. The molecule has 0 heteroatoms. The largest absolute Gasteiger partial charge is 0.0795 e. The Morgan fingerprint density at radius 2 is 1.93 bits per heavy atom. The molecule has 144 valence electrons. The van der Waals surface area contributed by atoms with Crippen LogP contribution in [0.4, 0.5) is 0 Å². The lowest BCUT2D eigenvalue weighted by molar-refractivity contribution is 0.530. The molecule has 2 aliphatic rings. The third-order valence-corrected chi connectivity index (χ3v) is 6.68. The van der Waals surface area contributed by atoms with Crippen molar-refractivity contribution >= 4 is 6.08 Å². The molecular weight excluding hydrogens is 336 g/mol. The number of rotatable bonds is 7. The minimum absolute atomic E-state index is 0.623. The summed E-state index contributed by atoms with van der Waals surface area (Å²) in [5.74, 6) is 1.26. The fourth-order valence-electron chi connectivity index (χ4n) is 4.92. The van der Waals surface area contributed by atoms with Crippen molar-refractivity contribution in [3.63, 3.8) is 0 Å². The molecule has 0 heterocycles. The van der Waals surface area contributed by atoms with Gasteiger partial charge in [0.05, 0.1) is 0 Å². The predicted octanol–water partition coefficient (Wildman–Crippen LogP) is 7.27. The van der Waals surface area contributed by atoms with Gasteiger partial charge in [-0.05, 0) is 72.8 Å². The number of allylic oxidation sites excluding steroid dienone is 5. The van der Waals surface area contributed by atoms with Crippen LogP contribution < -0.4 is 0 Å². The molecule has 0 aromatic heterocycles. The number of hydrogen-bond donors (Lipinski definition) is 0. The quantitative estimate of drug-likeness (QED) is 0.482. The minimum atomic E-state index is 0.623. The molecule has 0 amide bonds. The summed E-state index contributed by atoms with van der Waals surface area (Å²) in [7, 11) is 0. The zero-order valence-corrected chi connectivity index (χ0v) is 17.5. The molecule has 0 saturated carbocycles. The Labute approximate surface area is 170 Å². The molecule has 0 fully saturated rings. The van der Waals surface area contributed by atoms with Crippen LogP contribution >= 0.6 is 0 Å². The fourth-order valence-corrected chi connectivity index (χ4v) is 4.92. The first-order valence-corrected chi connectivity index (χ1v) is 10.9. The Bertz CT molecular complexity index is 938. The van der Waals surface area contributed by atoms with Crippen LogP contribution in [0.15, 0.2) is 71.8 Å². The first-order valence-electron chi connectivity index (χ1n) is 10.9. The SMILES string of the molecule is CCC1C(Cc2ccc3c(c2)CC=C3)=CC=C1[C@@H](C)CCc1ccccc1C. The first kappa shape index (κ1) is 19.0. The molecular formula is C28H32. The second-order valence-corrected chi connectivity index (χ2v) is 8.55. The van der Waals surface area contributed by atoms with Crippen molar-refractivity contribution in [2.45, 2.75) is 52.9 Å². The van der Waals surface area contributed by atoms with E-state index >= 15 is 0 Å². The summed E-state index contributed by atoms with van der Waals surface area (Å²) < 4.78 is 0. The average Bonchev–Trinajstić information content (AvgIpc) is 3.33. The van der Waals surface area contributed by atoms with Crippen LogP contribution in [-0.2, 0) is 19.3 Å². The van der Waals surface area contributed by atoms with Crippen molar-refractivity contribution in [1.29, 1.82) is 0 Å². The van der Waals surface area contributed by atoms with Crippen LogP contribution in [0.2, 0.25) is 0 Å². The lowest BCUT2D eigenvalue weighted by Gasteiger charge is -2.23. The van der Waals surface area contributed by atoms with Crippen molar-refractivity contribution in [3.05, 3.63) is 99.7 Å². The van der Waals surface area contributed by atoms with Crippen LogP contribution in [0.3, 0.4) is 0 Å². The average molecular weight is 369 g/mol. The molecule has 2 aromatic carbocycles. The zero-order chi connectivity index (χ0) is 19.5. The van der Waals surface area contributed by atoms with Gasteiger partial charge in [-0.3, -0.25) is 0 Å². The zero-order valence-electron chi connectivity index (χ0n) is 17.5. The van der Waals surface area contributed by atoms with Crippen LogP contribution in [0.1, 0.15) is 54.5 Å². The summed E-state index contributed by atoms with van der Waals surface area (Å²) in [5, 5.41) is 0. The molecule has 0 radical (unpaired) electrons. The van der Waals surface area contributed by atoms with E-state index in [2.05, 4.69) is 87.5 Å². The molecule has 4 rings (SSSR count). The van der Waals surface area contributed by atoms with Crippen LogP contribution in [-0.4, -0.2) is 0 Å². The summed E-state index contributed by atoms with van der Waals surface area (Å²) in [6, 6.07) is 15.9. The van der Waals surface area contributed by atoms with E-state index in [1.165, 1.54) is 47.1 Å². The molecule has 28 heavy (non-hydrogen) atoms. The van der Waals surface area contributed by atoms with Gasteiger partial charge in [0, 0.05) is 5.92 Å². The monoisotopic (exact) mass is 368 g/mol. The molecule has 0 aliphatic heterocycles. The molecule has 2 aromatic rings. The Kier molecular flexibility index (Phi) is 5.67. The summed E-state index contributed by atoms with van der Waals surface area (Å²) in [5.41, 5.74) is 10.5. The van der Waals surface area contributed by atoms with Crippen LogP contribution in [0, 0.1) is 18.8 Å². The standard InChI is InChI=1S/C28H32/c1-4-27-26(19-22-13-15-24-10-7-11-25(24)18-22)16-17-28(27)21(3)12-14-23-9-6-5-8-20(23)2/h5-10,13,15-18,21,27H,4,11-12,14,19H2,1-3H3/t21-,27?/m0/s1. The summed E-state index contributed by atoms with van der Waals surface area (Å²) in [4.78, 5) is 0. The van der Waals surface area contributed by atoms with E-state index in [-0.39, 0.29) is 0 Å². The van der Waals surface area contributed by atoms with E-state index in [9.17, 15) is 0 Å². The number of fused-ring (bicyclic) bond motifs is 1. The van der Waals surface area contributed by atoms with E-state index in [4.69, 9.17) is 0 Å². The van der Waals surface area contributed by atoms with Gasteiger partial charge >= 0.3 is 0 Å². The maximum absolute atomic E-state index is 2.43. The molecule has 0 saturated heterocycles. The topological polar surface area (TPSA) is 0 Å². The van der Waals surface area contributed by atoms with Gasteiger partial charge in [0.1, 0.15) is 0 Å². The fraction of sp³-hybridized carbons (Fsp3) is 0.357. The van der Waals surface area contributed by atoms with Crippen molar-refractivity contribution in [2.24, 2.45) is 11.8 Å². The highest BCUT2D eigenvalue weighted by atomic mass is 14.3. The van der Waals surface area contributed by atoms with E-state index in [1.807, 2.05) is 0 Å². The lowest BCUT2D eigenvalue weighted by atomic mass is 9.81. The van der Waals surface area contributed by atoms with Crippen molar-refractivity contribution in [2.75, 3.05) is 0 Å². The molecule has 0 spiro atoms. The van der Waals surface area contributed by atoms with Gasteiger partial charge in [0.2, 0.25) is 0 Å². The molecule has 0 N–H and O–H groups in total. The predicted molar refractivity (Wildman–Crippen MR) is 121 cm³/mol. The Morgan fingerprint density at radius 1 is 1.07 bits per heavy atom. The second-order valence-electron chi connectivity index (χ2n) is 8.55. The maximum Gasteiger partial charge on any atom is 0.00166 e. The normalized spacial score (nSPS) is 18.8. The van der Waals surface area contributed by atoms with Gasteiger partial charge in [-0.1, -0.05) is 91.8 Å². The number of benzene rings is 2. The van der Waals surface area contributed by atoms with E-state index < -0.39 is 0 Å². The van der Waals surface area contributed by atoms with Gasteiger partial charge in [0.25, 0.3) is 0 Å². The van der Waals surface area contributed by atoms with Crippen LogP contribution in [0.25, 0.3) is 6.08 Å². The van der Waals surface area contributed by atoms with E-state index in [0.29, 0.717) is 11.8 Å². The number of aryl methyl sites for hydroxylation is 2. The second kappa shape index (κ2) is 8.35. The van der Waals surface area contributed by atoms with E-state index in [0.717, 1.165) is 12.8 Å². The Morgan fingerprint density at radius 3 is 2.75 bits per heavy atom. The summed E-state index contributed by atoms with van der Waals surface area (Å²) >= 11 is 0. The third-order valence-electron chi connectivity index (χ3n) is 6.68. The highest BCUT2D eigenvalue weighted by molar-refractivity contribution is 5.60. The Hall–Kier alpha value is -2.34. The molecule has 1 unspecified atom stereocenters. The highest BCUT2D eigenvalue weighted by Gasteiger charge is 2.25. The smallest absolute Gasteiger partial charge is 0.00166 e. The highest BCUT2D eigenvalue weighted by Crippen LogP contribution is 2.38. The molecule has 0 nitrogen and oxygen atoms in total.